The number of hydrogen-bond acceptors (Lipinski definition) is 4. The van der Waals surface area contributed by atoms with Crippen molar-refractivity contribution in [1.82, 2.24) is 9.97 Å². The number of H-pyrrole nitrogens is 1. The summed E-state index contributed by atoms with van der Waals surface area (Å²) in [5.41, 5.74) is 0.609. The fourth-order valence-corrected chi connectivity index (χ4v) is 2.60. The van der Waals surface area contributed by atoms with Gasteiger partial charge in [-0.15, -0.1) is 0 Å². The van der Waals surface area contributed by atoms with E-state index in [4.69, 9.17) is 35.4 Å². The van der Waals surface area contributed by atoms with E-state index >= 15 is 0 Å². The Morgan fingerprint density at radius 3 is 2.60 bits per heavy atom. The molecule has 0 aliphatic rings. The van der Waals surface area contributed by atoms with Crippen molar-refractivity contribution in [2.24, 2.45) is 0 Å². The van der Waals surface area contributed by atoms with Gasteiger partial charge in [-0.05, 0) is 18.4 Å². The number of aromatic nitrogens is 2. The number of hydrogen-bond donors (Lipinski definition) is 2. The Balaban J connectivity index is 2.31. The molecule has 4 nitrogen and oxygen atoms in total. The SMILES string of the molecule is CSc1ncc(C(=O)Nc2c(Cl)cccc2Cl)c(=S)[nH]1. The van der Waals surface area contributed by atoms with Gasteiger partial charge in [-0.2, -0.15) is 0 Å². The minimum atomic E-state index is -0.415. The minimum Gasteiger partial charge on any atom is -0.325 e. The molecular formula is C12H9Cl2N3OS2. The van der Waals surface area contributed by atoms with Crippen molar-refractivity contribution in [1.29, 1.82) is 0 Å². The van der Waals surface area contributed by atoms with E-state index in [0.717, 1.165) is 0 Å². The Morgan fingerprint density at radius 2 is 2.05 bits per heavy atom. The van der Waals surface area contributed by atoms with Crippen LogP contribution in [0.3, 0.4) is 0 Å². The highest BCUT2D eigenvalue weighted by Crippen LogP contribution is 2.30. The molecule has 0 aliphatic heterocycles. The highest BCUT2D eigenvalue weighted by Gasteiger charge is 2.13. The first-order valence-electron chi connectivity index (χ1n) is 5.41. The van der Waals surface area contributed by atoms with Crippen molar-refractivity contribution in [2.75, 3.05) is 11.6 Å². The molecule has 0 fully saturated rings. The van der Waals surface area contributed by atoms with Gasteiger partial charge in [-0.1, -0.05) is 53.2 Å². The van der Waals surface area contributed by atoms with Gasteiger partial charge in [0, 0.05) is 6.20 Å². The molecule has 20 heavy (non-hydrogen) atoms. The number of thioether (sulfide) groups is 1. The lowest BCUT2D eigenvalue weighted by Gasteiger charge is -2.09. The third-order valence-corrected chi connectivity index (χ3v) is 3.96. The molecule has 0 spiro atoms. The predicted molar refractivity (Wildman–Crippen MR) is 85.6 cm³/mol. The number of nitrogens with one attached hydrogen (secondary N) is 2. The van der Waals surface area contributed by atoms with Gasteiger partial charge in [-0.3, -0.25) is 4.79 Å². The van der Waals surface area contributed by atoms with E-state index in [1.54, 1.807) is 18.2 Å². The van der Waals surface area contributed by atoms with Crippen molar-refractivity contribution in [2.45, 2.75) is 5.16 Å². The second-order valence-electron chi connectivity index (χ2n) is 3.69. The number of aromatic amines is 1. The number of nitrogens with zero attached hydrogens (tertiary/aromatic N) is 1. The maximum Gasteiger partial charge on any atom is 0.260 e. The number of benzene rings is 1. The number of carbonyl (C=O) groups is 1. The highest BCUT2D eigenvalue weighted by molar-refractivity contribution is 7.98. The molecule has 8 heteroatoms. The normalized spacial score (nSPS) is 10.3. The highest BCUT2D eigenvalue weighted by atomic mass is 35.5. The number of carbonyl (C=O) groups excluding carboxylic acids is 1. The average molecular weight is 346 g/mol. The Morgan fingerprint density at radius 1 is 1.40 bits per heavy atom. The van der Waals surface area contributed by atoms with Crippen LogP contribution in [0, 0.1) is 4.64 Å². The summed E-state index contributed by atoms with van der Waals surface area (Å²) >= 11 is 18.5. The Labute approximate surface area is 134 Å². The summed E-state index contributed by atoms with van der Waals surface area (Å²) < 4.78 is 0.310. The summed E-state index contributed by atoms with van der Waals surface area (Å²) in [7, 11) is 0. The van der Waals surface area contributed by atoms with Crippen LogP contribution in [0.4, 0.5) is 5.69 Å². The number of para-hydroxylation sites is 1. The fourth-order valence-electron chi connectivity index (χ4n) is 1.44. The largest absolute Gasteiger partial charge is 0.325 e. The number of rotatable bonds is 3. The molecule has 2 N–H and O–H groups in total. The standard InChI is InChI=1S/C12H9Cl2N3OS2/c1-20-12-15-5-6(11(19)17-12)10(18)16-9-7(13)3-2-4-8(9)14/h2-5H,1H3,(H,16,18)(H,15,17,19). The number of anilines is 1. The van der Waals surface area contributed by atoms with Crippen LogP contribution >= 0.6 is 47.2 Å². The first kappa shape index (κ1) is 15.3. The molecule has 1 aromatic heterocycles. The lowest BCUT2D eigenvalue weighted by atomic mass is 10.2. The Hall–Kier alpha value is -1.08. The van der Waals surface area contributed by atoms with Crippen LogP contribution in [0.25, 0.3) is 0 Å². The third-order valence-electron chi connectivity index (χ3n) is 2.42. The molecule has 1 heterocycles. The smallest absolute Gasteiger partial charge is 0.260 e. The monoisotopic (exact) mass is 345 g/mol. The maximum absolute atomic E-state index is 12.2. The minimum absolute atomic E-state index is 0.258. The summed E-state index contributed by atoms with van der Waals surface area (Å²) in [5, 5.41) is 3.99. The van der Waals surface area contributed by atoms with Crippen molar-refractivity contribution >= 4 is 58.8 Å². The molecule has 104 valence electrons. The van der Waals surface area contributed by atoms with Gasteiger partial charge in [0.1, 0.15) is 4.64 Å². The Bertz CT molecular complexity index is 698. The van der Waals surface area contributed by atoms with Gasteiger partial charge >= 0.3 is 0 Å². The topological polar surface area (TPSA) is 57.8 Å². The van der Waals surface area contributed by atoms with Gasteiger partial charge in [-0.25, -0.2) is 4.98 Å². The van der Waals surface area contributed by atoms with E-state index in [1.165, 1.54) is 18.0 Å². The second-order valence-corrected chi connectivity index (χ2v) is 5.70. The molecule has 0 aliphatic carbocycles. The molecule has 1 aromatic carbocycles. The zero-order valence-electron chi connectivity index (χ0n) is 10.2. The molecule has 2 aromatic rings. The lowest BCUT2D eigenvalue weighted by Crippen LogP contribution is -2.14. The summed E-state index contributed by atoms with van der Waals surface area (Å²) in [5.74, 6) is -0.415. The zero-order chi connectivity index (χ0) is 14.7. The summed E-state index contributed by atoms with van der Waals surface area (Å²) in [4.78, 5) is 19.1. The van der Waals surface area contributed by atoms with Gasteiger partial charge in [0.05, 0.1) is 21.3 Å². The van der Waals surface area contributed by atoms with Crippen molar-refractivity contribution in [3.8, 4) is 0 Å². The van der Waals surface area contributed by atoms with Gasteiger partial charge in [0.15, 0.2) is 5.16 Å². The summed E-state index contributed by atoms with van der Waals surface area (Å²) in [6, 6.07) is 4.97. The van der Waals surface area contributed by atoms with Crippen LogP contribution in [0.2, 0.25) is 10.0 Å². The van der Waals surface area contributed by atoms with Crippen LogP contribution in [0.15, 0.2) is 29.6 Å². The van der Waals surface area contributed by atoms with E-state index in [1.807, 2.05) is 6.26 Å². The van der Waals surface area contributed by atoms with Crippen LogP contribution in [-0.2, 0) is 0 Å². The first-order valence-corrected chi connectivity index (χ1v) is 7.80. The third kappa shape index (κ3) is 3.32. The second kappa shape index (κ2) is 6.58. The van der Waals surface area contributed by atoms with Crippen LogP contribution in [0.5, 0.6) is 0 Å². The van der Waals surface area contributed by atoms with Gasteiger partial charge in [0.2, 0.25) is 0 Å². The molecule has 0 unspecified atom stereocenters. The van der Waals surface area contributed by atoms with E-state index in [2.05, 4.69) is 15.3 Å². The predicted octanol–water partition coefficient (Wildman–Crippen LogP) is 4.42. The fraction of sp³-hybridized carbons (Fsp3) is 0.0833. The molecule has 0 atom stereocenters. The first-order chi connectivity index (χ1) is 9.52. The summed E-state index contributed by atoms with van der Waals surface area (Å²) in [6.45, 7) is 0. The zero-order valence-corrected chi connectivity index (χ0v) is 13.4. The number of amides is 1. The molecular weight excluding hydrogens is 337 g/mol. The maximum atomic E-state index is 12.2. The molecule has 0 bridgehead atoms. The van der Waals surface area contributed by atoms with Crippen molar-refractivity contribution < 1.29 is 4.79 Å². The quantitative estimate of drug-likeness (QED) is 0.491. The van der Waals surface area contributed by atoms with Gasteiger partial charge < -0.3 is 10.3 Å². The molecule has 1 amide bonds. The molecule has 0 saturated carbocycles. The van der Waals surface area contributed by atoms with E-state index < -0.39 is 5.91 Å². The van der Waals surface area contributed by atoms with E-state index in [9.17, 15) is 4.79 Å². The van der Waals surface area contributed by atoms with Crippen molar-refractivity contribution in [3.05, 3.63) is 44.6 Å². The van der Waals surface area contributed by atoms with E-state index in [0.29, 0.717) is 25.5 Å². The average Bonchev–Trinajstić information content (AvgIpc) is 2.42. The lowest BCUT2D eigenvalue weighted by molar-refractivity contribution is 0.102. The molecule has 0 saturated heterocycles. The molecule has 2 rings (SSSR count). The Kier molecular flexibility index (Phi) is 5.04. The van der Waals surface area contributed by atoms with Gasteiger partial charge in [0.25, 0.3) is 5.91 Å². The van der Waals surface area contributed by atoms with E-state index in [-0.39, 0.29) is 5.56 Å². The number of halogens is 2. The van der Waals surface area contributed by atoms with Crippen LogP contribution in [0.1, 0.15) is 10.4 Å². The van der Waals surface area contributed by atoms with Crippen LogP contribution < -0.4 is 5.32 Å². The molecule has 0 radical (unpaired) electrons. The van der Waals surface area contributed by atoms with Crippen LogP contribution in [-0.4, -0.2) is 22.1 Å². The van der Waals surface area contributed by atoms with Crippen molar-refractivity contribution in [3.63, 3.8) is 0 Å². The summed E-state index contributed by atoms with van der Waals surface area (Å²) in [6.07, 6.45) is 3.28.